The minimum atomic E-state index is -1.17. The molecule has 4 heteroatoms. The summed E-state index contributed by atoms with van der Waals surface area (Å²) in [4.78, 5) is 10.9. The molecule has 0 amide bonds. The van der Waals surface area contributed by atoms with E-state index in [0.29, 0.717) is 18.8 Å². The van der Waals surface area contributed by atoms with E-state index in [2.05, 4.69) is 19.9 Å². The highest BCUT2D eigenvalue weighted by Crippen LogP contribution is 2.19. The van der Waals surface area contributed by atoms with E-state index in [1.165, 1.54) is 0 Å². The predicted molar refractivity (Wildman–Crippen MR) is 82.6 cm³/mol. The number of methoxy groups -OCH3 is 1. The van der Waals surface area contributed by atoms with Crippen molar-refractivity contribution in [3.8, 4) is 0 Å². The van der Waals surface area contributed by atoms with Gasteiger partial charge in [0, 0.05) is 19.0 Å². The zero-order valence-electron chi connectivity index (χ0n) is 14.0. The first-order valence-electron chi connectivity index (χ1n) is 7.95. The van der Waals surface area contributed by atoms with Gasteiger partial charge < -0.3 is 19.7 Å². The summed E-state index contributed by atoms with van der Waals surface area (Å²) < 4.78 is 5.47. The van der Waals surface area contributed by atoms with E-state index in [9.17, 15) is 15.0 Å². The predicted octanol–water partition coefficient (Wildman–Crippen LogP) is 2.16. The van der Waals surface area contributed by atoms with Gasteiger partial charge in [-0.25, -0.2) is 0 Å². The number of allylic oxidation sites excluding steroid dienone is 1. The summed E-state index contributed by atoms with van der Waals surface area (Å²) in [5.74, 6) is -1.32. The van der Waals surface area contributed by atoms with Crippen molar-refractivity contribution in [2.24, 2.45) is 17.8 Å². The van der Waals surface area contributed by atoms with Crippen molar-refractivity contribution in [3.05, 3.63) is 12.2 Å². The van der Waals surface area contributed by atoms with Gasteiger partial charge in [0.15, 0.2) is 0 Å². The molecule has 0 rings (SSSR count). The minimum Gasteiger partial charge on any atom is -0.550 e. The van der Waals surface area contributed by atoms with Crippen LogP contribution in [0.25, 0.3) is 0 Å². The van der Waals surface area contributed by atoms with E-state index < -0.39 is 18.0 Å². The van der Waals surface area contributed by atoms with Crippen LogP contribution in [0.4, 0.5) is 0 Å². The molecule has 1 N–H and O–H groups in total. The zero-order chi connectivity index (χ0) is 16.4. The molecular weight excluding hydrogens is 268 g/mol. The molecule has 0 aliphatic carbocycles. The minimum absolute atomic E-state index is 0.128. The fourth-order valence-electron chi connectivity index (χ4n) is 2.49. The third-order valence-corrected chi connectivity index (χ3v) is 4.23. The van der Waals surface area contributed by atoms with Gasteiger partial charge in [-0.1, -0.05) is 46.3 Å². The first kappa shape index (κ1) is 20.1. The van der Waals surface area contributed by atoms with Crippen LogP contribution in [0.3, 0.4) is 0 Å². The molecule has 0 saturated heterocycles. The zero-order valence-corrected chi connectivity index (χ0v) is 14.0. The van der Waals surface area contributed by atoms with Crippen molar-refractivity contribution >= 4 is 5.97 Å². The summed E-state index contributed by atoms with van der Waals surface area (Å²) in [6.07, 6.45) is 6.18. The topological polar surface area (TPSA) is 69.6 Å². The van der Waals surface area contributed by atoms with Gasteiger partial charge in [0.05, 0.1) is 12.2 Å². The number of hydrogen-bond acceptors (Lipinski definition) is 4. The summed E-state index contributed by atoms with van der Waals surface area (Å²) in [6, 6.07) is 0. The van der Waals surface area contributed by atoms with Crippen molar-refractivity contribution in [1.29, 1.82) is 0 Å². The average molecular weight is 299 g/mol. The molecule has 124 valence electrons. The van der Waals surface area contributed by atoms with Crippen LogP contribution in [0.1, 0.15) is 53.4 Å². The van der Waals surface area contributed by atoms with Crippen LogP contribution >= 0.6 is 0 Å². The maximum absolute atomic E-state index is 10.9. The lowest BCUT2D eigenvalue weighted by molar-refractivity contribution is -0.314. The first-order valence-corrected chi connectivity index (χ1v) is 7.95. The van der Waals surface area contributed by atoms with E-state index in [1.54, 1.807) is 14.0 Å². The number of aliphatic carboxylic acids is 1. The molecule has 0 spiro atoms. The van der Waals surface area contributed by atoms with E-state index in [4.69, 9.17) is 4.74 Å². The number of carboxylic acid groups (broad SMARTS) is 1. The van der Waals surface area contributed by atoms with Gasteiger partial charge in [-0.2, -0.15) is 0 Å². The van der Waals surface area contributed by atoms with Crippen molar-refractivity contribution in [2.75, 3.05) is 7.11 Å². The Hall–Kier alpha value is -0.870. The number of aliphatic hydroxyl groups is 1. The molecule has 4 nitrogen and oxygen atoms in total. The molecule has 0 fully saturated rings. The van der Waals surface area contributed by atoms with E-state index in [1.807, 2.05) is 13.0 Å². The van der Waals surface area contributed by atoms with Crippen LogP contribution in [-0.4, -0.2) is 30.4 Å². The number of hydrogen-bond donors (Lipinski definition) is 1. The molecule has 0 heterocycles. The maximum atomic E-state index is 10.9. The number of carboxylic acids is 1. The van der Waals surface area contributed by atoms with Gasteiger partial charge in [0.1, 0.15) is 0 Å². The normalized spacial score (nSPS) is 19.1. The highest BCUT2D eigenvalue weighted by Gasteiger charge is 2.20. The average Bonchev–Trinajstić information content (AvgIpc) is 2.43. The molecular formula is C17H31O4-. The van der Waals surface area contributed by atoms with Crippen LogP contribution in [0, 0.1) is 17.8 Å². The molecule has 0 aliphatic rings. The first-order chi connectivity index (χ1) is 9.87. The summed E-state index contributed by atoms with van der Waals surface area (Å²) >= 11 is 0. The number of carbonyl (C=O) groups is 1. The van der Waals surface area contributed by atoms with E-state index in [-0.39, 0.29) is 12.0 Å². The lowest BCUT2D eigenvalue weighted by atomic mass is 9.91. The largest absolute Gasteiger partial charge is 0.550 e. The van der Waals surface area contributed by atoms with Gasteiger partial charge >= 0.3 is 0 Å². The highest BCUT2D eigenvalue weighted by molar-refractivity contribution is 5.68. The van der Waals surface area contributed by atoms with Crippen LogP contribution in [0.2, 0.25) is 0 Å². The van der Waals surface area contributed by atoms with Gasteiger partial charge in [0.2, 0.25) is 0 Å². The van der Waals surface area contributed by atoms with E-state index in [0.717, 1.165) is 12.8 Å². The smallest absolute Gasteiger partial charge is 0.0631 e. The Morgan fingerprint density at radius 3 is 2.33 bits per heavy atom. The lowest BCUT2D eigenvalue weighted by Crippen LogP contribution is -2.38. The second kappa shape index (κ2) is 10.8. The van der Waals surface area contributed by atoms with Crippen molar-refractivity contribution in [1.82, 2.24) is 0 Å². The fourth-order valence-corrected chi connectivity index (χ4v) is 2.49. The SMILES string of the molecule is CC[C@H](C)[C@H](C/C=C/C(C)C[C@@H](O)[C@@H](CC)C(=O)[O-])OC. The molecule has 0 saturated carbocycles. The standard InChI is InChI=1S/C17H32O4/c1-6-13(4)16(21-5)10-8-9-12(3)11-15(18)14(7-2)17(19)20/h8-9,12-16,18H,6-7,10-11H2,1-5H3,(H,19,20)/p-1/b9-8+/t12?,13-,14+,15+,16-/m0/s1. The van der Waals surface area contributed by atoms with Gasteiger partial charge in [-0.15, -0.1) is 0 Å². The number of rotatable bonds is 11. The second-order valence-corrected chi connectivity index (χ2v) is 5.94. The molecule has 0 aromatic heterocycles. The Morgan fingerprint density at radius 2 is 1.90 bits per heavy atom. The number of carbonyl (C=O) groups excluding carboxylic acids is 1. The Bertz CT molecular complexity index is 314. The third-order valence-electron chi connectivity index (χ3n) is 4.23. The molecule has 1 unspecified atom stereocenters. The molecule has 0 bridgehead atoms. The van der Waals surface area contributed by atoms with Crippen molar-refractivity contribution in [2.45, 2.75) is 65.6 Å². The Balaban J connectivity index is 4.32. The molecule has 5 atom stereocenters. The lowest BCUT2D eigenvalue weighted by Gasteiger charge is -2.24. The second-order valence-electron chi connectivity index (χ2n) is 5.94. The Labute approximate surface area is 129 Å². The van der Waals surface area contributed by atoms with Crippen molar-refractivity contribution in [3.63, 3.8) is 0 Å². The monoisotopic (exact) mass is 299 g/mol. The van der Waals surface area contributed by atoms with E-state index >= 15 is 0 Å². The quantitative estimate of drug-likeness (QED) is 0.594. The fraction of sp³-hybridized carbons (Fsp3) is 0.824. The van der Waals surface area contributed by atoms with Gasteiger partial charge in [-0.3, -0.25) is 0 Å². The van der Waals surface area contributed by atoms with Crippen LogP contribution < -0.4 is 5.11 Å². The molecule has 21 heavy (non-hydrogen) atoms. The Morgan fingerprint density at radius 1 is 1.29 bits per heavy atom. The maximum Gasteiger partial charge on any atom is 0.0631 e. The third kappa shape index (κ3) is 7.63. The van der Waals surface area contributed by atoms with Crippen LogP contribution in [-0.2, 0) is 9.53 Å². The van der Waals surface area contributed by atoms with Crippen LogP contribution in [0.5, 0.6) is 0 Å². The summed E-state index contributed by atoms with van der Waals surface area (Å²) in [5.41, 5.74) is 0. The Kier molecular flexibility index (Phi) is 10.4. The molecule has 0 aromatic rings. The van der Waals surface area contributed by atoms with Gasteiger partial charge in [-0.05, 0) is 31.1 Å². The molecule has 0 radical (unpaired) electrons. The number of aliphatic hydroxyl groups excluding tert-OH is 1. The molecule has 0 aromatic carbocycles. The van der Waals surface area contributed by atoms with Crippen LogP contribution in [0.15, 0.2) is 12.2 Å². The summed E-state index contributed by atoms with van der Waals surface area (Å²) in [5, 5.41) is 20.8. The highest BCUT2D eigenvalue weighted by atomic mass is 16.5. The van der Waals surface area contributed by atoms with Crippen molar-refractivity contribution < 1.29 is 19.7 Å². The molecule has 0 aliphatic heterocycles. The summed E-state index contributed by atoms with van der Waals surface area (Å²) in [6.45, 7) is 8.04. The summed E-state index contributed by atoms with van der Waals surface area (Å²) in [7, 11) is 1.73. The number of ether oxygens (including phenoxy) is 1. The van der Waals surface area contributed by atoms with Gasteiger partial charge in [0.25, 0.3) is 0 Å².